The second-order valence-corrected chi connectivity index (χ2v) is 3.31. The fraction of sp³-hybridized carbons (Fsp3) is 0.417. The van der Waals surface area contributed by atoms with Crippen LogP contribution in [0.1, 0.15) is 32.3 Å². The number of carboxylic acids is 1. The lowest BCUT2D eigenvalue weighted by atomic mass is 10.1. The van der Waals surface area contributed by atoms with Crippen LogP contribution in [0.2, 0.25) is 5.02 Å². The molecule has 0 amide bonds. The molecule has 0 heterocycles. The van der Waals surface area contributed by atoms with E-state index in [-0.39, 0.29) is 6.42 Å². The van der Waals surface area contributed by atoms with Gasteiger partial charge in [-0.25, -0.2) is 0 Å². The van der Waals surface area contributed by atoms with Gasteiger partial charge in [0.1, 0.15) is 0 Å². The first-order valence-corrected chi connectivity index (χ1v) is 5.52. The summed E-state index contributed by atoms with van der Waals surface area (Å²) in [6.45, 7) is 4.00. The first kappa shape index (κ1) is 14.0. The number of benzene rings is 1. The van der Waals surface area contributed by atoms with Crippen LogP contribution in [0, 0.1) is 0 Å². The van der Waals surface area contributed by atoms with Crippen molar-refractivity contribution in [1.29, 1.82) is 0 Å². The molecular weight excluding hydrogens is 212 g/mol. The quantitative estimate of drug-likeness (QED) is 0.852. The van der Waals surface area contributed by atoms with E-state index in [1.165, 1.54) is 0 Å². The maximum atomic E-state index is 10.2. The summed E-state index contributed by atoms with van der Waals surface area (Å²) in [6.07, 6.45) is 1.70. The monoisotopic (exact) mass is 228 g/mol. The highest BCUT2D eigenvalue weighted by Gasteiger charge is 1.97. The predicted molar refractivity (Wildman–Crippen MR) is 63.4 cm³/mol. The number of hydrogen-bond donors (Lipinski definition) is 1. The molecule has 3 heteroatoms. The summed E-state index contributed by atoms with van der Waals surface area (Å²) < 4.78 is 0. The van der Waals surface area contributed by atoms with Crippen LogP contribution in [0.15, 0.2) is 24.3 Å². The third-order valence-electron chi connectivity index (χ3n) is 1.77. The van der Waals surface area contributed by atoms with E-state index in [0.29, 0.717) is 11.4 Å². The molecule has 1 N–H and O–H groups in total. The van der Waals surface area contributed by atoms with Crippen LogP contribution >= 0.6 is 11.6 Å². The van der Waals surface area contributed by atoms with E-state index in [9.17, 15) is 4.79 Å². The summed E-state index contributed by atoms with van der Waals surface area (Å²) >= 11 is 5.70. The Labute approximate surface area is 95.9 Å². The molecule has 0 fully saturated rings. The Hall–Kier alpha value is -1.02. The maximum absolute atomic E-state index is 10.2. The van der Waals surface area contributed by atoms with Gasteiger partial charge in [-0.3, -0.25) is 4.79 Å². The minimum atomic E-state index is -0.742. The number of aryl methyl sites for hydroxylation is 1. The highest BCUT2D eigenvalue weighted by molar-refractivity contribution is 6.30. The van der Waals surface area contributed by atoms with Crippen LogP contribution in [0.5, 0.6) is 0 Å². The lowest BCUT2D eigenvalue weighted by Crippen LogP contribution is -1.95. The summed E-state index contributed by atoms with van der Waals surface area (Å²) in [6, 6.07) is 7.48. The van der Waals surface area contributed by atoms with Gasteiger partial charge in [0.25, 0.3) is 0 Å². The smallest absolute Gasteiger partial charge is 0.303 e. The zero-order valence-electron chi connectivity index (χ0n) is 9.16. The molecule has 1 rings (SSSR count). The average Bonchev–Trinajstić information content (AvgIpc) is 2.23. The minimum absolute atomic E-state index is 0.225. The van der Waals surface area contributed by atoms with Crippen molar-refractivity contribution in [2.75, 3.05) is 0 Å². The predicted octanol–water partition coefficient (Wildman–Crippen LogP) is 3.77. The van der Waals surface area contributed by atoms with Crippen molar-refractivity contribution in [3.8, 4) is 0 Å². The van der Waals surface area contributed by atoms with Gasteiger partial charge in [-0.15, -0.1) is 0 Å². The molecule has 0 aromatic heterocycles. The third kappa shape index (κ3) is 6.97. The summed E-state index contributed by atoms with van der Waals surface area (Å²) in [7, 11) is 0. The van der Waals surface area contributed by atoms with Gasteiger partial charge >= 0.3 is 5.97 Å². The molecule has 0 atom stereocenters. The molecule has 0 bridgehead atoms. The Morgan fingerprint density at radius 2 is 1.80 bits per heavy atom. The van der Waals surface area contributed by atoms with E-state index in [1.807, 2.05) is 38.1 Å². The standard InChI is InChI=1S/C10H11ClO2.C2H6/c11-9-6-4-8(5-7-9)2-1-3-10(12)13;1-2/h4-7H,1-3H2,(H,12,13);1-2H3. The molecule has 15 heavy (non-hydrogen) atoms. The van der Waals surface area contributed by atoms with E-state index < -0.39 is 5.97 Å². The second-order valence-electron chi connectivity index (χ2n) is 2.87. The van der Waals surface area contributed by atoms with E-state index in [2.05, 4.69) is 0 Å². The molecule has 84 valence electrons. The van der Waals surface area contributed by atoms with Crippen LogP contribution in [-0.2, 0) is 11.2 Å². The lowest BCUT2D eigenvalue weighted by Gasteiger charge is -1.98. The topological polar surface area (TPSA) is 37.3 Å². The van der Waals surface area contributed by atoms with Crippen molar-refractivity contribution in [2.45, 2.75) is 33.1 Å². The van der Waals surface area contributed by atoms with E-state index >= 15 is 0 Å². The van der Waals surface area contributed by atoms with E-state index in [1.54, 1.807) is 0 Å². The van der Waals surface area contributed by atoms with Gasteiger partial charge in [0.2, 0.25) is 0 Å². The molecule has 0 radical (unpaired) electrons. The first-order chi connectivity index (χ1) is 7.18. The second kappa shape index (κ2) is 8.30. The molecule has 0 unspecified atom stereocenters. The first-order valence-electron chi connectivity index (χ1n) is 5.15. The third-order valence-corrected chi connectivity index (χ3v) is 2.02. The number of carbonyl (C=O) groups is 1. The summed E-state index contributed by atoms with van der Waals surface area (Å²) in [4.78, 5) is 10.2. The van der Waals surface area contributed by atoms with Gasteiger partial charge in [0, 0.05) is 11.4 Å². The Bertz CT molecular complexity index is 280. The summed E-state index contributed by atoms with van der Waals surface area (Å²) in [5.41, 5.74) is 1.13. The highest BCUT2D eigenvalue weighted by Crippen LogP contribution is 2.11. The van der Waals surface area contributed by atoms with Gasteiger partial charge in [-0.1, -0.05) is 37.6 Å². The zero-order chi connectivity index (χ0) is 11.7. The number of aliphatic carboxylic acids is 1. The lowest BCUT2D eigenvalue weighted by molar-refractivity contribution is -0.137. The van der Waals surface area contributed by atoms with Crippen molar-refractivity contribution >= 4 is 17.6 Å². The Kier molecular flexibility index (Phi) is 7.74. The average molecular weight is 229 g/mol. The van der Waals surface area contributed by atoms with Crippen molar-refractivity contribution in [1.82, 2.24) is 0 Å². The van der Waals surface area contributed by atoms with Crippen molar-refractivity contribution in [2.24, 2.45) is 0 Å². The maximum Gasteiger partial charge on any atom is 0.303 e. The Morgan fingerprint density at radius 3 is 2.27 bits per heavy atom. The normalized spacial score (nSPS) is 9.00. The molecule has 1 aromatic carbocycles. The number of carboxylic acid groups (broad SMARTS) is 1. The van der Waals surface area contributed by atoms with Crippen LogP contribution < -0.4 is 0 Å². The van der Waals surface area contributed by atoms with Crippen LogP contribution in [0.3, 0.4) is 0 Å². The van der Waals surface area contributed by atoms with Crippen LogP contribution in [-0.4, -0.2) is 11.1 Å². The fourth-order valence-corrected chi connectivity index (χ4v) is 1.22. The Morgan fingerprint density at radius 1 is 1.27 bits per heavy atom. The minimum Gasteiger partial charge on any atom is -0.481 e. The molecule has 1 aromatic rings. The van der Waals surface area contributed by atoms with Crippen LogP contribution in [0.4, 0.5) is 0 Å². The van der Waals surface area contributed by atoms with E-state index in [4.69, 9.17) is 16.7 Å². The van der Waals surface area contributed by atoms with Crippen molar-refractivity contribution in [3.05, 3.63) is 34.9 Å². The molecule has 2 nitrogen and oxygen atoms in total. The molecule has 0 aliphatic heterocycles. The molecular formula is C12H17ClO2. The molecule has 0 saturated heterocycles. The van der Waals surface area contributed by atoms with Gasteiger partial charge in [0.15, 0.2) is 0 Å². The summed E-state index contributed by atoms with van der Waals surface area (Å²) in [5.74, 6) is -0.742. The number of rotatable bonds is 4. The largest absolute Gasteiger partial charge is 0.481 e. The molecule has 0 saturated carbocycles. The molecule has 0 aliphatic carbocycles. The molecule has 0 aliphatic rings. The van der Waals surface area contributed by atoms with Gasteiger partial charge in [-0.05, 0) is 30.5 Å². The van der Waals surface area contributed by atoms with E-state index in [0.717, 1.165) is 12.0 Å². The van der Waals surface area contributed by atoms with Gasteiger partial charge < -0.3 is 5.11 Å². The fourth-order valence-electron chi connectivity index (χ4n) is 1.09. The number of hydrogen-bond acceptors (Lipinski definition) is 1. The Balaban J connectivity index is 0.000000921. The highest BCUT2D eigenvalue weighted by atomic mass is 35.5. The SMILES string of the molecule is CC.O=C(O)CCCc1ccc(Cl)cc1. The van der Waals surface area contributed by atoms with Crippen molar-refractivity contribution < 1.29 is 9.90 Å². The van der Waals surface area contributed by atoms with Gasteiger partial charge in [0.05, 0.1) is 0 Å². The van der Waals surface area contributed by atoms with Crippen LogP contribution in [0.25, 0.3) is 0 Å². The van der Waals surface area contributed by atoms with Crippen molar-refractivity contribution in [3.63, 3.8) is 0 Å². The number of halogens is 1. The summed E-state index contributed by atoms with van der Waals surface area (Å²) in [5, 5.41) is 9.12. The zero-order valence-corrected chi connectivity index (χ0v) is 9.92. The molecule has 0 spiro atoms. The van der Waals surface area contributed by atoms with Gasteiger partial charge in [-0.2, -0.15) is 0 Å².